The van der Waals surface area contributed by atoms with Gasteiger partial charge in [-0.1, -0.05) is 92.1 Å². The molecule has 5 aromatic rings. The average Bonchev–Trinajstić information content (AvgIpc) is 1.73. The molecular formula is C71H100N22O18S2. The lowest BCUT2D eigenvalue weighted by Crippen LogP contribution is -2.61. The molecule has 0 radical (unpaired) electrons. The van der Waals surface area contributed by atoms with Crippen LogP contribution in [0.3, 0.4) is 0 Å². The first-order valence-corrected chi connectivity index (χ1v) is 38.8. The van der Waals surface area contributed by atoms with Crippen molar-refractivity contribution >= 4 is 144 Å². The monoisotopic (exact) mass is 1610 g/mol. The van der Waals surface area contributed by atoms with Crippen LogP contribution in [-0.2, 0) is 96.0 Å². The number of hydrogen-bond acceptors (Lipinski definition) is 21. The topological polar surface area (TPSA) is 644 Å². The zero-order chi connectivity index (χ0) is 83.3. The van der Waals surface area contributed by atoms with Crippen LogP contribution in [-0.4, -0.2) is 234 Å². The molecule has 2 aromatic carbocycles. The van der Waals surface area contributed by atoms with Crippen LogP contribution in [0.25, 0.3) is 21.8 Å². The molecule has 1 aliphatic heterocycles. The molecule has 4 heterocycles. The van der Waals surface area contributed by atoms with Crippen LogP contribution in [0.2, 0.25) is 0 Å². The number of primary amides is 2. The Balaban J connectivity index is 1.47. The van der Waals surface area contributed by atoms with Crippen LogP contribution in [0.4, 0.5) is 0 Å². The molecule has 1 aliphatic rings. The number of nitrogens with one attached hydrogen (secondary N) is 18. The van der Waals surface area contributed by atoms with Gasteiger partial charge in [0.05, 0.1) is 31.1 Å². The van der Waals surface area contributed by atoms with Crippen LogP contribution in [0.1, 0.15) is 104 Å². The number of amides is 15. The van der Waals surface area contributed by atoms with E-state index in [0.29, 0.717) is 39.4 Å². The summed E-state index contributed by atoms with van der Waals surface area (Å²) in [6.07, 6.45) is 0.836. The summed E-state index contributed by atoms with van der Waals surface area (Å²) < 4.78 is 0. The molecule has 0 saturated carbocycles. The van der Waals surface area contributed by atoms with E-state index in [-0.39, 0.29) is 44.3 Å². The highest BCUT2D eigenvalue weighted by Crippen LogP contribution is 2.26. The fraction of sp³-hybridized carbons (Fsp3) is 0.493. The van der Waals surface area contributed by atoms with Crippen LogP contribution in [0.5, 0.6) is 0 Å². The minimum atomic E-state index is -2.06. The first-order valence-electron chi connectivity index (χ1n) is 36.3. The molecule has 14 atom stereocenters. The van der Waals surface area contributed by atoms with Gasteiger partial charge in [-0.05, 0) is 68.2 Å². The molecule has 3 aromatic heterocycles. The highest BCUT2D eigenvalue weighted by atomic mass is 33.1. The third-order valence-corrected chi connectivity index (χ3v) is 20.6. The van der Waals surface area contributed by atoms with Crippen LogP contribution in [0, 0.1) is 17.2 Å². The summed E-state index contributed by atoms with van der Waals surface area (Å²) in [6.45, 7) is 9.10. The second-order valence-corrected chi connectivity index (χ2v) is 30.0. The van der Waals surface area contributed by atoms with Crippen molar-refractivity contribution in [3.05, 3.63) is 90.3 Å². The number of fused-ring (bicyclic) bond motifs is 2. The van der Waals surface area contributed by atoms with Gasteiger partial charge in [-0.3, -0.25) is 82.1 Å². The number of aromatic amines is 3. The van der Waals surface area contributed by atoms with E-state index in [1.165, 1.54) is 46.4 Å². The Morgan fingerprint density at radius 2 is 1.15 bits per heavy atom. The van der Waals surface area contributed by atoms with Crippen LogP contribution >= 0.6 is 21.6 Å². The zero-order valence-corrected chi connectivity index (χ0v) is 64.8. The first kappa shape index (κ1) is 90.1. The summed E-state index contributed by atoms with van der Waals surface area (Å²) in [4.78, 5) is 238. The van der Waals surface area contributed by atoms with Crippen molar-refractivity contribution in [2.24, 2.45) is 29.0 Å². The molecule has 42 heteroatoms. The van der Waals surface area contributed by atoms with E-state index in [0.717, 1.165) is 28.5 Å². The highest BCUT2D eigenvalue weighted by molar-refractivity contribution is 8.76. The van der Waals surface area contributed by atoms with Gasteiger partial charge in [-0.2, -0.15) is 0 Å². The van der Waals surface area contributed by atoms with E-state index in [1.807, 2.05) is 0 Å². The van der Waals surface area contributed by atoms with Gasteiger partial charge >= 0.3 is 5.97 Å². The SMILES string of the molecule is CC[C@H](C)[C@H](NC(C)=O)C(=O)N[C@H]1CSSC[C@@H](C(=O)N[C@H](C(N)=O)[C@@H](C)O)NC(=O)[C@H](CCCNC(=N)N)NC(=O)[C@H](Cc2c[nH]cn2)NC(=O)[C@H](C)NC(=O)CNC(=O)[C@H](Cc2c[nH]c3ccccc23)NC(=O)[C@H](CC(=O)O)NC(=O)[C@H](CCC(N)=O)NC(=O)[C@H](Cc2c[nH]c3ccccc23)NC(=O)[C@H](C(C)C)NC1=O. The lowest BCUT2D eigenvalue weighted by atomic mass is 9.97. The summed E-state index contributed by atoms with van der Waals surface area (Å²) in [7, 11) is 1.64. The van der Waals surface area contributed by atoms with Crippen molar-refractivity contribution in [2.45, 2.75) is 185 Å². The second kappa shape index (κ2) is 43.7. The van der Waals surface area contributed by atoms with Gasteiger partial charge < -0.3 is 117 Å². The average molecular weight is 1610 g/mol. The summed E-state index contributed by atoms with van der Waals surface area (Å²) >= 11 is 0. The number of aliphatic carboxylic acids is 1. The van der Waals surface area contributed by atoms with Gasteiger partial charge in [0, 0.05) is 91.1 Å². The number of carboxylic acid groups (broad SMARTS) is 1. The van der Waals surface area contributed by atoms with Crippen molar-refractivity contribution in [1.29, 1.82) is 5.41 Å². The molecule has 0 bridgehead atoms. The van der Waals surface area contributed by atoms with Crippen molar-refractivity contribution in [3.8, 4) is 0 Å². The minimum Gasteiger partial charge on any atom is -0.481 e. The van der Waals surface area contributed by atoms with E-state index >= 15 is 14.4 Å². The Labute approximate surface area is 656 Å². The number of carboxylic acids is 1. The maximum atomic E-state index is 15.1. The second-order valence-electron chi connectivity index (χ2n) is 27.5. The molecule has 0 spiro atoms. The number of guanidine groups is 1. The minimum absolute atomic E-state index is 0.00383. The maximum Gasteiger partial charge on any atom is 0.305 e. The molecule has 614 valence electrons. The number of H-pyrrole nitrogens is 3. The molecular weight excluding hydrogens is 1510 g/mol. The largest absolute Gasteiger partial charge is 0.481 e. The number of nitrogens with two attached hydrogens (primary N) is 3. The summed E-state index contributed by atoms with van der Waals surface area (Å²) in [5, 5.41) is 64.9. The molecule has 1 fully saturated rings. The predicted octanol–water partition coefficient (Wildman–Crippen LogP) is -4.66. The number of aliphatic hydroxyl groups excluding tert-OH is 1. The standard InChI is InChI=1S/C71H100N22O18S2/c1-8-34(4)57(83-37(7)95)70(111)91-52-31-113-112-30-51(68(109)93-58(36(6)94)59(73)100)90-62(103)45(18-13-21-77-71(74)75)84-65(106)49(24-40-28-76-32-81-40)86-60(101)35(5)82-54(97)29-80-61(102)47(22-38-26-78-43-16-11-9-14-41(38)43)87-66(107)50(25-55(98)99)88-63(104)46(19-20-53(72)96)85-64(105)48(89-69(110)56(33(2)3)92-67(52)108)23-39-27-79-44-17-12-10-15-42(39)44/h9-12,14-17,26-28,32-36,45-52,56-58,78-79,94H,8,13,18-25,29-31H2,1-7H3,(H2,72,96)(H2,73,100)(H,76,81)(H,80,102)(H,82,97)(H,83,95)(H,84,106)(H,85,105)(H,86,101)(H,87,107)(H,88,104)(H,89,110)(H,90,103)(H,91,111)(H,92,108)(H,93,109)(H,98,99)(H4,74,75,77)/t34-,35-,36+,45-,46-,47-,48-,49-,50-,51-,52-,56-,57-,58-/m0/s1. The van der Waals surface area contributed by atoms with Crippen molar-refractivity contribution < 1.29 is 86.9 Å². The maximum absolute atomic E-state index is 15.1. The Morgan fingerprint density at radius 3 is 1.70 bits per heavy atom. The number of para-hydroxylation sites is 2. The van der Waals surface area contributed by atoms with E-state index in [2.05, 4.69) is 94.4 Å². The highest BCUT2D eigenvalue weighted by Gasteiger charge is 2.39. The van der Waals surface area contributed by atoms with Gasteiger partial charge in [0.2, 0.25) is 88.6 Å². The number of aromatic nitrogens is 4. The lowest BCUT2D eigenvalue weighted by Gasteiger charge is -2.29. The summed E-state index contributed by atoms with van der Waals surface area (Å²) in [5.41, 5.74) is 19.0. The van der Waals surface area contributed by atoms with E-state index in [9.17, 15) is 72.5 Å². The van der Waals surface area contributed by atoms with E-state index in [4.69, 9.17) is 22.6 Å². The number of carbonyl (C=O) groups excluding carboxylic acids is 15. The lowest BCUT2D eigenvalue weighted by molar-refractivity contribution is -0.141. The number of hydrogen-bond donors (Lipinski definition) is 23. The quantitative estimate of drug-likeness (QED) is 0.0113. The number of carbonyl (C=O) groups is 16. The van der Waals surface area contributed by atoms with Gasteiger partial charge in [-0.15, -0.1) is 0 Å². The number of imidazole rings is 1. The number of nitrogens with zero attached hydrogens (tertiary/aromatic N) is 1. The van der Waals surface area contributed by atoms with Crippen molar-refractivity contribution in [3.63, 3.8) is 0 Å². The normalized spacial score (nSPS) is 22.7. The van der Waals surface area contributed by atoms with E-state index < -0.39 is 228 Å². The number of rotatable bonds is 25. The van der Waals surface area contributed by atoms with E-state index in [1.54, 1.807) is 68.6 Å². The third kappa shape index (κ3) is 28.2. The smallest absolute Gasteiger partial charge is 0.305 e. The van der Waals surface area contributed by atoms with Crippen molar-refractivity contribution in [2.75, 3.05) is 24.6 Å². The van der Waals surface area contributed by atoms with Crippen LogP contribution < -0.4 is 91.6 Å². The Kier molecular flexibility index (Phi) is 34.8. The summed E-state index contributed by atoms with van der Waals surface area (Å²) in [5.74, 6) is -19.9. The summed E-state index contributed by atoms with van der Waals surface area (Å²) in [6, 6.07) is -6.25. The molecule has 15 amide bonds. The van der Waals surface area contributed by atoms with Gasteiger partial charge in [0.15, 0.2) is 5.96 Å². The molecule has 0 unspecified atom stereocenters. The Bertz CT molecular complexity index is 4250. The fourth-order valence-corrected chi connectivity index (χ4v) is 14.2. The predicted molar refractivity (Wildman–Crippen MR) is 414 cm³/mol. The van der Waals surface area contributed by atoms with Crippen molar-refractivity contribution in [1.82, 2.24) is 94.4 Å². The zero-order valence-electron chi connectivity index (χ0n) is 63.2. The van der Waals surface area contributed by atoms with Crippen LogP contribution in [0.15, 0.2) is 73.4 Å². The molecule has 40 nitrogen and oxygen atoms in total. The third-order valence-electron chi connectivity index (χ3n) is 18.2. The van der Waals surface area contributed by atoms with Gasteiger partial charge in [0.25, 0.3) is 0 Å². The van der Waals surface area contributed by atoms with Gasteiger partial charge in [0.1, 0.15) is 72.5 Å². The number of aliphatic hydroxyl groups is 1. The molecule has 113 heavy (non-hydrogen) atoms. The number of benzene rings is 2. The van der Waals surface area contributed by atoms with Gasteiger partial charge in [-0.25, -0.2) is 4.98 Å². The Hall–Kier alpha value is -11.8. The molecule has 6 rings (SSSR count). The molecule has 26 N–H and O–H groups in total. The fourth-order valence-electron chi connectivity index (χ4n) is 11.8. The molecule has 0 aliphatic carbocycles. The molecule has 1 saturated heterocycles. The first-order chi connectivity index (χ1) is 53.5. The Morgan fingerprint density at radius 1 is 0.619 bits per heavy atom.